The Morgan fingerprint density at radius 1 is 1.09 bits per heavy atom. The fraction of sp³-hybridized carbons (Fsp3) is 0.188. The van der Waals surface area contributed by atoms with Crippen LogP contribution < -0.4 is 10.5 Å². The predicted molar refractivity (Wildman–Crippen MR) is 86.1 cm³/mol. The molecule has 0 aliphatic rings. The highest BCUT2D eigenvalue weighted by molar-refractivity contribution is 5.64. The molecule has 0 radical (unpaired) electrons. The minimum Gasteiger partial charge on any atom is -0.429 e. The lowest BCUT2D eigenvalue weighted by molar-refractivity contribution is -0.384. The Morgan fingerprint density at radius 3 is 2.17 bits per heavy atom. The normalized spacial score (nSPS) is 9.30. The number of anilines is 1. The zero-order valence-electron chi connectivity index (χ0n) is 12.9. The smallest absolute Gasteiger partial charge is 0.429 e. The second kappa shape index (κ2) is 9.04. The van der Waals surface area contributed by atoms with E-state index in [0.29, 0.717) is 5.69 Å². The van der Waals surface area contributed by atoms with E-state index in [1.54, 1.807) is 24.3 Å². The van der Waals surface area contributed by atoms with Crippen molar-refractivity contribution in [2.24, 2.45) is 0 Å². The summed E-state index contributed by atoms with van der Waals surface area (Å²) in [4.78, 5) is 21.4. The molecule has 0 bridgehead atoms. The highest BCUT2D eigenvalue weighted by Gasteiger charge is 2.09. The van der Waals surface area contributed by atoms with Gasteiger partial charge in [-0.15, -0.1) is 0 Å². The first-order chi connectivity index (χ1) is 11.0. The highest BCUT2D eigenvalue weighted by atomic mass is 16.7. The third-order valence-corrected chi connectivity index (χ3v) is 2.59. The Morgan fingerprint density at radius 2 is 1.65 bits per heavy atom. The van der Waals surface area contributed by atoms with E-state index in [0.717, 1.165) is 5.56 Å². The summed E-state index contributed by atoms with van der Waals surface area (Å²) in [5.41, 5.74) is 6.84. The van der Waals surface area contributed by atoms with E-state index < -0.39 is 11.1 Å². The van der Waals surface area contributed by atoms with Gasteiger partial charge in [-0.25, -0.2) is 4.79 Å². The molecule has 7 nitrogen and oxygen atoms in total. The van der Waals surface area contributed by atoms with Crippen LogP contribution in [0, 0.1) is 10.1 Å². The summed E-state index contributed by atoms with van der Waals surface area (Å²) in [6.45, 7) is 4.05. The number of carbonyl (C=O) groups excluding carboxylic acids is 1. The molecule has 23 heavy (non-hydrogen) atoms. The molecule has 0 aromatic heterocycles. The molecule has 0 heterocycles. The standard InChI is InChI=1S/C14H12N2O5.C2H6/c15-11-3-1-10(2-4-11)9-20-14(17)21-13-7-5-12(6-8-13)16(18)19;1-2/h1-8H,9,15H2;1-2H3. The molecule has 0 fully saturated rings. The lowest BCUT2D eigenvalue weighted by Gasteiger charge is -2.06. The van der Waals surface area contributed by atoms with E-state index in [-0.39, 0.29) is 18.0 Å². The van der Waals surface area contributed by atoms with Gasteiger partial charge >= 0.3 is 6.16 Å². The second-order valence-electron chi connectivity index (χ2n) is 4.13. The Balaban J connectivity index is 0.00000127. The Kier molecular flexibility index (Phi) is 7.06. The fourth-order valence-corrected chi connectivity index (χ4v) is 1.52. The second-order valence-corrected chi connectivity index (χ2v) is 4.13. The maximum atomic E-state index is 11.5. The molecule has 0 amide bonds. The number of nitro benzene ring substituents is 1. The third kappa shape index (κ3) is 6.04. The highest BCUT2D eigenvalue weighted by Crippen LogP contribution is 2.18. The SMILES string of the molecule is CC.Nc1ccc(COC(=O)Oc2ccc([N+](=O)[O-])cc2)cc1. The van der Waals surface area contributed by atoms with Crippen LogP contribution >= 0.6 is 0 Å². The van der Waals surface area contributed by atoms with Gasteiger partial charge in [0.1, 0.15) is 12.4 Å². The minimum absolute atomic E-state index is 0.0477. The van der Waals surface area contributed by atoms with Gasteiger partial charge in [0.15, 0.2) is 0 Å². The summed E-state index contributed by atoms with van der Waals surface area (Å²) in [5.74, 6) is 0.169. The number of nitrogens with zero attached hydrogens (tertiary/aromatic N) is 1. The van der Waals surface area contributed by atoms with Crippen LogP contribution in [0.15, 0.2) is 48.5 Å². The molecule has 7 heteroatoms. The first-order valence-corrected chi connectivity index (χ1v) is 6.98. The molecular weight excluding hydrogens is 300 g/mol. The Hall–Kier alpha value is -3.09. The van der Waals surface area contributed by atoms with Gasteiger partial charge in [-0.1, -0.05) is 26.0 Å². The summed E-state index contributed by atoms with van der Waals surface area (Å²) in [6.07, 6.45) is -0.888. The fourth-order valence-electron chi connectivity index (χ4n) is 1.52. The van der Waals surface area contributed by atoms with Gasteiger partial charge in [0.2, 0.25) is 0 Å². The number of hydrogen-bond donors (Lipinski definition) is 1. The number of hydrogen-bond acceptors (Lipinski definition) is 6. The van der Waals surface area contributed by atoms with Crippen LogP contribution in [0.1, 0.15) is 19.4 Å². The van der Waals surface area contributed by atoms with Crippen molar-refractivity contribution in [3.8, 4) is 5.75 Å². The number of nitrogens with two attached hydrogens (primary N) is 1. The summed E-state index contributed by atoms with van der Waals surface area (Å²) in [6, 6.07) is 12.0. The van der Waals surface area contributed by atoms with Gasteiger partial charge in [-0.3, -0.25) is 10.1 Å². The van der Waals surface area contributed by atoms with E-state index in [4.69, 9.17) is 15.2 Å². The lowest BCUT2D eigenvalue weighted by atomic mass is 10.2. The zero-order valence-corrected chi connectivity index (χ0v) is 12.9. The summed E-state index contributed by atoms with van der Waals surface area (Å²) < 4.78 is 9.80. The predicted octanol–water partition coefficient (Wildman–Crippen LogP) is 3.92. The maximum absolute atomic E-state index is 11.5. The van der Waals surface area contributed by atoms with Crippen LogP contribution in [-0.2, 0) is 11.3 Å². The van der Waals surface area contributed by atoms with Crippen molar-refractivity contribution < 1.29 is 19.2 Å². The van der Waals surface area contributed by atoms with Crippen molar-refractivity contribution in [1.29, 1.82) is 0 Å². The van der Waals surface area contributed by atoms with Crippen molar-refractivity contribution in [3.63, 3.8) is 0 Å². The molecule has 2 rings (SSSR count). The van der Waals surface area contributed by atoms with Crippen molar-refractivity contribution in [2.45, 2.75) is 20.5 Å². The van der Waals surface area contributed by atoms with Crippen molar-refractivity contribution in [3.05, 3.63) is 64.2 Å². The van der Waals surface area contributed by atoms with Crippen molar-refractivity contribution in [1.82, 2.24) is 0 Å². The Labute approximate surface area is 133 Å². The number of nitro groups is 1. The number of non-ortho nitro benzene ring substituents is 1. The zero-order chi connectivity index (χ0) is 17.2. The molecule has 2 aromatic rings. The molecule has 2 N–H and O–H groups in total. The van der Waals surface area contributed by atoms with Crippen LogP contribution in [0.4, 0.5) is 16.2 Å². The van der Waals surface area contributed by atoms with Crippen LogP contribution in [-0.4, -0.2) is 11.1 Å². The van der Waals surface area contributed by atoms with Crippen molar-refractivity contribution >= 4 is 17.5 Å². The van der Waals surface area contributed by atoms with Crippen LogP contribution in [0.2, 0.25) is 0 Å². The lowest BCUT2D eigenvalue weighted by Crippen LogP contribution is -2.10. The van der Waals surface area contributed by atoms with E-state index in [1.807, 2.05) is 13.8 Å². The number of nitrogen functional groups attached to an aromatic ring is 1. The van der Waals surface area contributed by atoms with Crippen molar-refractivity contribution in [2.75, 3.05) is 5.73 Å². The van der Waals surface area contributed by atoms with Gasteiger partial charge in [0, 0.05) is 17.8 Å². The summed E-state index contributed by atoms with van der Waals surface area (Å²) >= 11 is 0. The Bertz CT molecular complexity index is 639. The molecule has 0 spiro atoms. The van der Waals surface area contributed by atoms with Crippen LogP contribution in [0.3, 0.4) is 0 Å². The number of benzene rings is 2. The monoisotopic (exact) mass is 318 g/mol. The molecular formula is C16H18N2O5. The molecule has 0 unspecified atom stereocenters. The molecule has 0 saturated carbocycles. The molecule has 0 saturated heterocycles. The average molecular weight is 318 g/mol. The molecule has 0 aliphatic carbocycles. The minimum atomic E-state index is -0.888. The van der Waals surface area contributed by atoms with Gasteiger partial charge in [-0.05, 0) is 29.8 Å². The number of ether oxygens (including phenoxy) is 2. The van der Waals surface area contributed by atoms with Crippen LogP contribution in [0.5, 0.6) is 5.75 Å². The van der Waals surface area contributed by atoms with E-state index in [9.17, 15) is 14.9 Å². The molecule has 0 aliphatic heterocycles. The number of rotatable bonds is 4. The average Bonchev–Trinajstić information content (AvgIpc) is 2.57. The first-order valence-electron chi connectivity index (χ1n) is 6.98. The van der Waals surface area contributed by atoms with Gasteiger partial charge in [0.25, 0.3) is 5.69 Å². The summed E-state index contributed by atoms with van der Waals surface area (Å²) in [5, 5.41) is 10.5. The molecule has 122 valence electrons. The van der Waals surface area contributed by atoms with E-state index in [1.165, 1.54) is 24.3 Å². The molecule has 2 aromatic carbocycles. The maximum Gasteiger partial charge on any atom is 0.514 e. The van der Waals surface area contributed by atoms with Gasteiger partial charge in [0.05, 0.1) is 4.92 Å². The van der Waals surface area contributed by atoms with Gasteiger partial charge in [-0.2, -0.15) is 0 Å². The topological polar surface area (TPSA) is 105 Å². The molecule has 0 atom stereocenters. The first kappa shape index (κ1) is 18.0. The third-order valence-electron chi connectivity index (χ3n) is 2.59. The summed E-state index contributed by atoms with van der Waals surface area (Å²) in [7, 11) is 0. The quantitative estimate of drug-likeness (QED) is 0.301. The van der Waals surface area contributed by atoms with Gasteiger partial charge < -0.3 is 15.2 Å². The van der Waals surface area contributed by atoms with E-state index in [2.05, 4.69) is 0 Å². The largest absolute Gasteiger partial charge is 0.514 e. The number of carbonyl (C=O) groups is 1. The van der Waals surface area contributed by atoms with E-state index >= 15 is 0 Å². The van der Waals surface area contributed by atoms with Crippen LogP contribution in [0.25, 0.3) is 0 Å².